The van der Waals surface area contributed by atoms with E-state index in [1.807, 2.05) is 30.3 Å². The van der Waals surface area contributed by atoms with E-state index in [2.05, 4.69) is 20.9 Å². The number of nitrogens with zero attached hydrogens (tertiary/aromatic N) is 2. The van der Waals surface area contributed by atoms with Gasteiger partial charge in [0.25, 0.3) is 0 Å². The molecule has 1 aliphatic rings. The number of benzene rings is 2. The maximum Gasteiger partial charge on any atom is 0.320 e. The quantitative estimate of drug-likeness (QED) is 0.267. The number of aromatic nitrogens is 1. The summed E-state index contributed by atoms with van der Waals surface area (Å²) in [5.74, 6) is -0.302. The number of amides is 2. The maximum absolute atomic E-state index is 13.9. The summed E-state index contributed by atoms with van der Waals surface area (Å²) in [6.45, 7) is 4.14. The standard InChI is InChI=1S/C30H34ClFN6O3/c1-19(28(33)21-10-12-27(39)37(2)16-21)29(34-22-7-5-4-6-8-22)36-30(40)35-26-18-38(13-14-41-3)17-23(26)20-9-11-25(32)24(31)15-20/h4-12,15-16,23,26,33-34H,13-14,17-18H2,1-3H3,(H2,35,36,40)/b29-19+,33-28?/t23?,26-/m1/s1. The summed E-state index contributed by atoms with van der Waals surface area (Å²) in [5.41, 5.74) is 2.50. The van der Waals surface area contributed by atoms with Crippen molar-refractivity contribution in [2.45, 2.75) is 18.9 Å². The Hall–Kier alpha value is -3.99. The molecule has 2 amide bonds. The molecule has 0 spiro atoms. The molecule has 11 heteroatoms. The molecule has 216 valence electrons. The van der Waals surface area contributed by atoms with Gasteiger partial charge in [-0.05, 0) is 42.8 Å². The van der Waals surface area contributed by atoms with Crippen LogP contribution in [0.1, 0.15) is 24.0 Å². The normalized spacial score (nSPS) is 17.6. The number of nitrogens with one attached hydrogen (secondary N) is 4. The lowest BCUT2D eigenvalue weighted by molar-refractivity contribution is 0.159. The number of allylic oxidation sites excluding steroid dienone is 1. The van der Waals surface area contributed by atoms with Crippen molar-refractivity contribution >= 4 is 29.0 Å². The number of hydrogen-bond donors (Lipinski definition) is 4. The minimum absolute atomic E-state index is 0.0332. The molecule has 1 saturated heterocycles. The van der Waals surface area contributed by atoms with Crippen molar-refractivity contribution in [3.05, 3.63) is 111 Å². The molecule has 41 heavy (non-hydrogen) atoms. The van der Waals surface area contributed by atoms with E-state index >= 15 is 0 Å². The molecule has 1 unspecified atom stereocenters. The van der Waals surface area contributed by atoms with Gasteiger partial charge in [0.15, 0.2) is 0 Å². The summed E-state index contributed by atoms with van der Waals surface area (Å²) in [5, 5.41) is 18.0. The van der Waals surface area contributed by atoms with Crippen molar-refractivity contribution in [1.29, 1.82) is 5.41 Å². The van der Waals surface area contributed by atoms with Gasteiger partial charge in [-0.3, -0.25) is 20.4 Å². The van der Waals surface area contributed by atoms with Crippen molar-refractivity contribution in [3.63, 3.8) is 0 Å². The molecule has 9 nitrogen and oxygen atoms in total. The Morgan fingerprint density at radius 1 is 1.15 bits per heavy atom. The van der Waals surface area contributed by atoms with Gasteiger partial charge in [0.2, 0.25) is 5.56 Å². The Bertz CT molecular complexity index is 1490. The largest absolute Gasteiger partial charge is 0.383 e. The zero-order valence-electron chi connectivity index (χ0n) is 23.2. The van der Waals surface area contributed by atoms with E-state index in [0.717, 1.165) is 11.3 Å². The second-order valence-corrected chi connectivity index (χ2v) is 10.4. The summed E-state index contributed by atoms with van der Waals surface area (Å²) in [6.07, 6.45) is 1.58. The SMILES string of the molecule is COCCN1CC(c2ccc(F)c(Cl)c2)[C@H](NC(=O)N/C(Nc2ccccc2)=C(\C)C(=N)c2ccc(=O)n(C)c2)C1. The highest BCUT2D eigenvalue weighted by atomic mass is 35.5. The van der Waals surface area contributed by atoms with Crippen LogP contribution in [0.15, 0.2) is 83.0 Å². The summed E-state index contributed by atoms with van der Waals surface area (Å²) in [7, 11) is 3.26. The highest BCUT2D eigenvalue weighted by molar-refractivity contribution is 6.30. The third-order valence-electron chi connectivity index (χ3n) is 7.10. The molecule has 1 fully saturated rings. The molecule has 3 aromatic rings. The van der Waals surface area contributed by atoms with Gasteiger partial charge in [-0.25, -0.2) is 9.18 Å². The molecule has 1 aromatic heterocycles. The van der Waals surface area contributed by atoms with E-state index in [1.165, 1.54) is 16.7 Å². The second-order valence-electron chi connectivity index (χ2n) is 9.97. The van der Waals surface area contributed by atoms with E-state index in [1.54, 1.807) is 45.5 Å². The van der Waals surface area contributed by atoms with Crippen molar-refractivity contribution in [2.75, 3.05) is 38.7 Å². The summed E-state index contributed by atoms with van der Waals surface area (Å²) >= 11 is 6.08. The van der Waals surface area contributed by atoms with Crippen molar-refractivity contribution < 1.29 is 13.9 Å². The van der Waals surface area contributed by atoms with E-state index < -0.39 is 11.8 Å². The third-order valence-corrected chi connectivity index (χ3v) is 7.39. The number of pyridine rings is 1. The predicted octanol–water partition coefficient (Wildman–Crippen LogP) is 4.30. The fourth-order valence-electron chi connectivity index (χ4n) is 4.80. The summed E-state index contributed by atoms with van der Waals surface area (Å²) in [6, 6.07) is 16.2. The number of urea groups is 1. The molecule has 0 bridgehead atoms. The lowest BCUT2D eigenvalue weighted by Crippen LogP contribution is -2.46. The fourth-order valence-corrected chi connectivity index (χ4v) is 4.99. The molecule has 0 saturated carbocycles. The van der Waals surface area contributed by atoms with Crippen LogP contribution in [-0.2, 0) is 11.8 Å². The van der Waals surface area contributed by atoms with E-state index in [4.69, 9.17) is 21.7 Å². The minimum Gasteiger partial charge on any atom is -0.383 e. The van der Waals surface area contributed by atoms with Crippen LogP contribution in [0.25, 0.3) is 0 Å². The minimum atomic E-state index is -0.495. The third kappa shape index (κ3) is 7.60. The van der Waals surface area contributed by atoms with Gasteiger partial charge in [-0.2, -0.15) is 0 Å². The zero-order chi connectivity index (χ0) is 29.5. The van der Waals surface area contributed by atoms with Crippen LogP contribution in [-0.4, -0.2) is 60.6 Å². The van der Waals surface area contributed by atoms with Crippen LogP contribution in [0.5, 0.6) is 0 Å². The Morgan fingerprint density at radius 3 is 2.59 bits per heavy atom. The zero-order valence-corrected chi connectivity index (χ0v) is 24.0. The average molecular weight is 581 g/mol. The molecular formula is C30H34ClFN6O3. The van der Waals surface area contributed by atoms with Crippen LogP contribution in [0.3, 0.4) is 0 Å². The number of hydrogen-bond acceptors (Lipinski definition) is 6. The van der Waals surface area contributed by atoms with Crippen LogP contribution < -0.4 is 21.5 Å². The van der Waals surface area contributed by atoms with Crippen LogP contribution in [0.4, 0.5) is 14.9 Å². The van der Waals surface area contributed by atoms with Crippen LogP contribution in [0, 0.1) is 11.2 Å². The Balaban J connectivity index is 1.59. The number of methoxy groups -OCH3 is 1. The molecule has 0 aliphatic carbocycles. The van der Waals surface area contributed by atoms with Gasteiger partial charge >= 0.3 is 6.03 Å². The highest BCUT2D eigenvalue weighted by Crippen LogP contribution is 2.30. The lowest BCUT2D eigenvalue weighted by atomic mass is 9.94. The number of likely N-dealkylation sites (tertiary alicyclic amines) is 1. The highest BCUT2D eigenvalue weighted by Gasteiger charge is 2.35. The number of carbonyl (C=O) groups is 1. The number of carbonyl (C=O) groups excluding carboxylic acids is 1. The number of rotatable bonds is 10. The molecule has 2 aromatic carbocycles. The first-order chi connectivity index (χ1) is 19.7. The smallest absolute Gasteiger partial charge is 0.320 e. The van der Waals surface area contributed by atoms with Gasteiger partial charge in [-0.15, -0.1) is 0 Å². The van der Waals surface area contributed by atoms with Crippen LogP contribution >= 0.6 is 11.6 Å². The van der Waals surface area contributed by atoms with Crippen molar-refractivity contribution in [3.8, 4) is 0 Å². The van der Waals surface area contributed by atoms with Gasteiger partial charge in [0.1, 0.15) is 11.6 Å². The molecule has 2 heterocycles. The Morgan fingerprint density at radius 2 is 1.90 bits per heavy atom. The first kappa shape index (κ1) is 30.0. The number of para-hydroxylation sites is 1. The van der Waals surface area contributed by atoms with E-state index in [-0.39, 0.29) is 28.3 Å². The van der Waals surface area contributed by atoms with E-state index in [9.17, 15) is 14.0 Å². The van der Waals surface area contributed by atoms with Gasteiger partial charge in [0.05, 0.1) is 23.4 Å². The topological polar surface area (TPSA) is 111 Å². The number of aryl methyl sites for hydroxylation is 1. The molecule has 4 rings (SSSR count). The van der Waals surface area contributed by atoms with Crippen molar-refractivity contribution in [1.82, 2.24) is 20.1 Å². The molecule has 4 N–H and O–H groups in total. The Kier molecular flexibility index (Phi) is 9.93. The number of ether oxygens (including phenoxy) is 1. The molecule has 1 aliphatic heterocycles. The Labute approximate surface area is 243 Å². The van der Waals surface area contributed by atoms with Gasteiger partial charge < -0.3 is 19.9 Å². The van der Waals surface area contributed by atoms with Gasteiger partial charge in [-0.1, -0.05) is 35.9 Å². The summed E-state index contributed by atoms with van der Waals surface area (Å²) in [4.78, 5) is 27.5. The number of anilines is 1. The van der Waals surface area contributed by atoms with Crippen molar-refractivity contribution in [2.24, 2.45) is 7.05 Å². The van der Waals surface area contributed by atoms with Gasteiger partial charge in [0, 0.05) is 68.8 Å². The van der Waals surface area contributed by atoms with Crippen LogP contribution in [0.2, 0.25) is 5.02 Å². The monoisotopic (exact) mass is 580 g/mol. The predicted molar refractivity (Wildman–Crippen MR) is 159 cm³/mol. The maximum atomic E-state index is 13.9. The average Bonchev–Trinajstić information content (AvgIpc) is 3.36. The van der Waals surface area contributed by atoms with E-state index in [0.29, 0.717) is 43.2 Å². The molecular weight excluding hydrogens is 547 g/mol. The lowest BCUT2D eigenvalue weighted by Gasteiger charge is -2.23. The first-order valence-corrected chi connectivity index (χ1v) is 13.6. The second kappa shape index (κ2) is 13.6. The first-order valence-electron chi connectivity index (χ1n) is 13.2. The molecule has 2 atom stereocenters. The number of halogens is 2. The summed E-state index contributed by atoms with van der Waals surface area (Å²) < 4.78 is 20.5. The fraction of sp³-hybridized carbons (Fsp3) is 0.300. The molecule has 0 radical (unpaired) electrons.